The van der Waals surface area contributed by atoms with Gasteiger partial charge < -0.3 is 20.5 Å². The summed E-state index contributed by atoms with van der Waals surface area (Å²) in [5, 5.41) is 10.9. The number of nitrogens with zero attached hydrogens (tertiary/aromatic N) is 3. The number of aliphatic imine (C=N–C) groups is 1. The third-order valence-electron chi connectivity index (χ3n) is 4.46. The van der Waals surface area contributed by atoms with Crippen LogP contribution >= 0.6 is 23.1 Å². The van der Waals surface area contributed by atoms with Crippen LogP contribution in [0.25, 0.3) is 0 Å². The third kappa shape index (κ3) is 8.31. The molecule has 0 unspecified atom stereocenters. The first-order valence-electron chi connectivity index (χ1n) is 10.1. The van der Waals surface area contributed by atoms with E-state index < -0.39 is 23.9 Å². The number of benzene rings is 1. The average molecular weight is 531 g/mol. The van der Waals surface area contributed by atoms with Crippen LogP contribution in [0.2, 0.25) is 0 Å². The molecule has 3 rings (SSSR count). The zero-order valence-electron chi connectivity index (χ0n) is 18.3. The number of carbonyl (C=O) groups excluding carboxylic acids is 2. The summed E-state index contributed by atoms with van der Waals surface area (Å²) in [5.74, 6) is -2.14. The lowest BCUT2D eigenvalue weighted by Crippen LogP contribution is -2.41. The molecule has 2 heterocycles. The van der Waals surface area contributed by atoms with Crippen molar-refractivity contribution in [1.29, 1.82) is 5.41 Å². The molecule has 10 nitrogen and oxygen atoms in total. The smallest absolute Gasteiger partial charge is 0.404 e. The standard InChI is InChI=1S/C20H21F3N6O4S2/c1-11-26-9-15(34-11)17(24)35-19(25)28-18(31)12-2-3-14(33-20(21,22)23)13(8-12)27-16(30)10-29-4-6-32-7-5-29/h2-3,8-9,24H,4-7,10H2,1H3,(H,27,30)(H2,25,28,31). The maximum Gasteiger partial charge on any atom is 0.573 e. The normalized spacial score (nSPS) is 15.0. The molecule has 2 amide bonds. The summed E-state index contributed by atoms with van der Waals surface area (Å²) >= 11 is 2.01. The second kappa shape index (κ2) is 11.6. The minimum absolute atomic E-state index is 0.0367. The van der Waals surface area contributed by atoms with Crippen molar-refractivity contribution in [3.05, 3.63) is 39.8 Å². The van der Waals surface area contributed by atoms with Gasteiger partial charge >= 0.3 is 6.36 Å². The Labute approximate surface area is 206 Å². The van der Waals surface area contributed by atoms with E-state index in [0.717, 1.165) is 35.0 Å². The van der Waals surface area contributed by atoms with Crippen molar-refractivity contribution in [3.63, 3.8) is 0 Å². The van der Waals surface area contributed by atoms with Crippen LogP contribution in [0, 0.1) is 12.3 Å². The Hall–Kier alpha value is -3.01. The Bertz CT molecular complexity index is 1130. The Balaban J connectivity index is 1.75. The van der Waals surface area contributed by atoms with Gasteiger partial charge in [0.2, 0.25) is 5.91 Å². The Morgan fingerprint density at radius 3 is 2.71 bits per heavy atom. The van der Waals surface area contributed by atoms with Gasteiger partial charge in [-0.1, -0.05) is 0 Å². The van der Waals surface area contributed by atoms with Crippen molar-refractivity contribution in [2.45, 2.75) is 13.3 Å². The maximum absolute atomic E-state index is 12.8. The number of amidine groups is 1. The van der Waals surface area contributed by atoms with E-state index in [9.17, 15) is 22.8 Å². The summed E-state index contributed by atoms with van der Waals surface area (Å²) in [6.07, 6.45) is -3.51. The molecule has 15 heteroatoms. The number of thioether (sulfide) groups is 1. The molecule has 1 saturated heterocycles. The van der Waals surface area contributed by atoms with Gasteiger partial charge in [0.25, 0.3) is 5.91 Å². The van der Waals surface area contributed by atoms with E-state index in [4.69, 9.17) is 15.9 Å². The summed E-state index contributed by atoms with van der Waals surface area (Å²) in [6.45, 7) is 3.58. The Morgan fingerprint density at radius 1 is 1.37 bits per heavy atom. The summed E-state index contributed by atoms with van der Waals surface area (Å²) in [5.41, 5.74) is 5.29. The van der Waals surface area contributed by atoms with Crippen molar-refractivity contribution < 1.29 is 32.2 Å². The van der Waals surface area contributed by atoms with E-state index in [1.165, 1.54) is 17.5 Å². The number of alkyl halides is 3. The molecule has 1 fully saturated rings. The monoisotopic (exact) mass is 530 g/mol. The minimum Gasteiger partial charge on any atom is -0.404 e. The number of aryl methyl sites for hydroxylation is 1. The van der Waals surface area contributed by atoms with Gasteiger partial charge in [0.15, 0.2) is 10.9 Å². The quantitative estimate of drug-likeness (QED) is 0.382. The molecule has 1 aliphatic rings. The molecule has 1 aromatic carbocycles. The van der Waals surface area contributed by atoms with Gasteiger partial charge in [-0.3, -0.25) is 19.9 Å². The van der Waals surface area contributed by atoms with E-state index in [-0.39, 0.29) is 28.0 Å². The molecule has 0 aliphatic carbocycles. The second-order valence-electron chi connectivity index (χ2n) is 7.13. The lowest BCUT2D eigenvalue weighted by molar-refractivity contribution is -0.274. The largest absolute Gasteiger partial charge is 0.573 e. The van der Waals surface area contributed by atoms with E-state index >= 15 is 0 Å². The van der Waals surface area contributed by atoms with Gasteiger partial charge in [-0.15, -0.1) is 24.5 Å². The lowest BCUT2D eigenvalue weighted by Gasteiger charge is -2.26. The fourth-order valence-corrected chi connectivity index (χ4v) is 4.30. The molecule has 4 N–H and O–H groups in total. The molecule has 0 atom stereocenters. The highest BCUT2D eigenvalue weighted by Crippen LogP contribution is 2.31. The molecule has 0 saturated carbocycles. The predicted molar refractivity (Wildman–Crippen MR) is 126 cm³/mol. The van der Waals surface area contributed by atoms with Crippen molar-refractivity contribution in [2.24, 2.45) is 10.7 Å². The number of anilines is 1. The number of nitrogens with one attached hydrogen (secondary N) is 2. The van der Waals surface area contributed by atoms with Crippen molar-refractivity contribution in [1.82, 2.24) is 9.88 Å². The van der Waals surface area contributed by atoms with Crippen molar-refractivity contribution in [3.8, 4) is 5.75 Å². The number of halogens is 3. The number of hydrogen-bond donors (Lipinski definition) is 3. The predicted octanol–water partition coefficient (Wildman–Crippen LogP) is 2.83. The average Bonchev–Trinajstić information content (AvgIpc) is 3.21. The maximum atomic E-state index is 12.8. The number of ether oxygens (including phenoxy) is 2. The summed E-state index contributed by atoms with van der Waals surface area (Å²) in [6, 6.07) is 3.01. The van der Waals surface area contributed by atoms with E-state index in [1.54, 1.807) is 11.8 Å². The Kier molecular flexibility index (Phi) is 8.82. The number of morpholine rings is 1. The minimum atomic E-state index is -5.01. The van der Waals surface area contributed by atoms with Gasteiger partial charge in [-0.25, -0.2) is 4.98 Å². The first kappa shape index (κ1) is 26.6. The van der Waals surface area contributed by atoms with Crippen LogP contribution in [0.4, 0.5) is 18.9 Å². The molecule has 0 spiro atoms. The highest BCUT2D eigenvalue weighted by Gasteiger charge is 2.32. The van der Waals surface area contributed by atoms with Gasteiger partial charge in [-0.05, 0) is 36.9 Å². The molecule has 0 radical (unpaired) electrons. The number of nitrogens with two attached hydrogens (primary N) is 1. The fourth-order valence-electron chi connectivity index (χ4n) is 2.94. The second-order valence-corrected chi connectivity index (χ2v) is 9.39. The molecule has 1 aliphatic heterocycles. The summed E-state index contributed by atoms with van der Waals surface area (Å²) < 4.78 is 47.7. The van der Waals surface area contributed by atoms with E-state index in [1.807, 2.05) is 0 Å². The summed E-state index contributed by atoms with van der Waals surface area (Å²) in [4.78, 5) is 35.0. The van der Waals surface area contributed by atoms with Crippen LogP contribution in [0.5, 0.6) is 5.75 Å². The first-order valence-corrected chi connectivity index (χ1v) is 11.7. The number of carbonyl (C=O) groups is 2. The zero-order chi connectivity index (χ0) is 25.6. The van der Waals surface area contributed by atoms with Crippen LogP contribution in [0.1, 0.15) is 20.2 Å². The summed E-state index contributed by atoms with van der Waals surface area (Å²) in [7, 11) is 0. The number of hydrogen-bond acceptors (Lipinski definition) is 9. The van der Waals surface area contributed by atoms with Crippen LogP contribution < -0.4 is 15.8 Å². The van der Waals surface area contributed by atoms with Gasteiger partial charge in [0.05, 0.1) is 35.3 Å². The number of thiazole rings is 1. The molecule has 188 valence electrons. The van der Waals surface area contributed by atoms with Crippen LogP contribution in [0.3, 0.4) is 0 Å². The SMILES string of the molecule is Cc1ncc(C(=N)SC(N)=NC(=O)c2ccc(OC(F)(F)F)c(NC(=O)CN3CCOCC3)c2)s1. The first-order chi connectivity index (χ1) is 16.5. The van der Waals surface area contributed by atoms with Crippen molar-refractivity contribution >= 4 is 50.8 Å². The highest BCUT2D eigenvalue weighted by molar-refractivity contribution is 8.27. The van der Waals surface area contributed by atoms with Gasteiger partial charge in [0.1, 0.15) is 5.04 Å². The third-order valence-corrected chi connectivity index (χ3v) is 6.24. The molecule has 1 aromatic heterocycles. The van der Waals surface area contributed by atoms with Crippen LogP contribution in [-0.2, 0) is 9.53 Å². The molecule has 0 bridgehead atoms. The highest BCUT2D eigenvalue weighted by atomic mass is 32.2. The number of amides is 2. The molecule has 2 aromatic rings. The van der Waals surface area contributed by atoms with Gasteiger partial charge in [0, 0.05) is 24.8 Å². The van der Waals surface area contributed by atoms with E-state index in [0.29, 0.717) is 31.2 Å². The molecule has 35 heavy (non-hydrogen) atoms. The Morgan fingerprint density at radius 2 is 2.09 bits per heavy atom. The lowest BCUT2D eigenvalue weighted by atomic mass is 10.1. The van der Waals surface area contributed by atoms with Gasteiger partial charge in [-0.2, -0.15) is 4.99 Å². The topological polar surface area (TPSA) is 143 Å². The van der Waals surface area contributed by atoms with Crippen molar-refractivity contribution in [2.75, 3.05) is 38.2 Å². The number of aromatic nitrogens is 1. The molecular formula is C20H21F3N6O4S2. The van der Waals surface area contributed by atoms with Crippen LogP contribution in [-0.4, -0.2) is 71.1 Å². The van der Waals surface area contributed by atoms with Crippen LogP contribution in [0.15, 0.2) is 29.4 Å². The van der Waals surface area contributed by atoms with E-state index in [2.05, 4.69) is 20.0 Å². The fraction of sp³-hybridized carbons (Fsp3) is 0.350. The molecular weight excluding hydrogens is 509 g/mol. The zero-order valence-corrected chi connectivity index (χ0v) is 20.0. The number of rotatable bonds is 6.